The van der Waals surface area contributed by atoms with Gasteiger partial charge in [0.05, 0.1) is 23.9 Å². The number of hydrogen-bond donors (Lipinski definition) is 1. The van der Waals surface area contributed by atoms with Crippen molar-refractivity contribution in [3.05, 3.63) is 48.0 Å². The van der Waals surface area contributed by atoms with E-state index in [0.29, 0.717) is 30.1 Å². The van der Waals surface area contributed by atoms with Gasteiger partial charge < -0.3 is 24.6 Å². The largest absolute Gasteiger partial charge is 0.491 e. The van der Waals surface area contributed by atoms with E-state index in [1.54, 1.807) is 37.3 Å². The monoisotopic (exact) mass is 495 g/mol. The number of benzene rings is 1. The summed E-state index contributed by atoms with van der Waals surface area (Å²) in [6.07, 6.45) is 5.88. The van der Waals surface area contributed by atoms with Crippen LogP contribution in [0.15, 0.2) is 36.8 Å². The molecular formula is C26H33N5O5. The van der Waals surface area contributed by atoms with Gasteiger partial charge in [0.15, 0.2) is 0 Å². The summed E-state index contributed by atoms with van der Waals surface area (Å²) in [5, 5.41) is 2.76. The lowest BCUT2D eigenvalue weighted by Gasteiger charge is -2.36. The van der Waals surface area contributed by atoms with Crippen LogP contribution in [-0.2, 0) is 9.53 Å². The molecule has 4 rings (SSSR count). The number of likely N-dealkylation sites (N-methyl/N-ethyl adjacent to an activating group) is 1. The minimum Gasteiger partial charge on any atom is -0.491 e. The first-order valence-corrected chi connectivity index (χ1v) is 12.2. The van der Waals surface area contributed by atoms with Crippen molar-refractivity contribution in [2.45, 2.75) is 38.8 Å². The van der Waals surface area contributed by atoms with E-state index < -0.39 is 5.91 Å². The summed E-state index contributed by atoms with van der Waals surface area (Å²) >= 11 is 0. The number of nitrogens with one attached hydrogen (secondary N) is 1. The summed E-state index contributed by atoms with van der Waals surface area (Å²) in [6, 6.07) is 4.74. The zero-order valence-electron chi connectivity index (χ0n) is 21.1. The SMILES string of the molecule is CO[C@@H]1CN(C)C(=O)c2cc(NC(=O)c3cnccn3)ccc2OC[C@H](C)N(C(=O)C2CC2)C[C@@H]1C. The number of carbonyl (C=O) groups is 3. The molecule has 0 spiro atoms. The van der Waals surface area contributed by atoms with Crippen molar-refractivity contribution in [2.75, 3.05) is 39.2 Å². The van der Waals surface area contributed by atoms with E-state index in [1.165, 1.54) is 18.6 Å². The molecule has 1 aliphatic heterocycles. The molecule has 2 aliphatic rings. The van der Waals surface area contributed by atoms with Gasteiger partial charge in [-0.25, -0.2) is 4.98 Å². The molecule has 0 saturated heterocycles. The standard InChI is InChI=1S/C26H33N5O5/c1-16-13-31(25(33)18-5-6-18)17(2)15-36-22-8-7-19(29-24(32)21-12-27-9-10-28-21)11-20(22)26(34)30(3)14-23(16)35-4/h7-12,16-18,23H,5-6,13-15H2,1-4H3,(H,29,32)/t16-,17-,23+/m0/s1. The molecular weight excluding hydrogens is 462 g/mol. The van der Waals surface area contributed by atoms with E-state index in [-0.39, 0.29) is 48.1 Å². The molecule has 10 heteroatoms. The summed E-state index contributed by atoms with van der Waals surface area (Å²) in [7, 11) is 3.33. The first-order valence-electron chi connectivity index (χ1n) is 12.2. The molecule has 1 N–H and O–H groups in total. The highest BCUT2D eigenvalue weighted by atomic mass is 16.5. The first-order chi connectivity index (χ1) is 17.3. The summed E-state index contributed by atoms with van der Waals surface area (Å²) in [4.78, 5) is 50.5. The van der Waals surface area contributed by atoms with Gasteiger partial charge in [-0.3, -0.25) is 19.4 Å². The second kappa shape index (κ2) is 11.0. The van der Waals surface area contributed by atoms with Crippen LogP contribution in [0.1, 0.15) is 47.5 Å². The number of carbonyl (C=O) groups excluding carboxylic acids is 3. The third-order valence-corrected chi connectivity index (χ3v) is 6.71. The number of methoxy groups -OCH3 is 1. The van der Waals surface area contributed by atoms with E-state index in [4.69, 9.17) is 9.47 Å². The lowest BCUT2D eigenvalue weighted by molar-refractivity contribution is -0.136. The van der Waals surface area contributed by atoms with Gasteiger partial charge in [0.25, 0.3) is 11.8 Å². The quantitative estimate of drug-likeness (QED) is 0.693. The van der Waals surface area contributed by atoms with Crippen molar-refractivity contribution in [2.24, 2.45) is 11.8 Å². The number of hydrogen-bond acceptors (Lipinski definition) is 7. The summed E-state index contributed by atoms with van der Waals surface area (Å²) in [5.41, 5.74) is 0.901. The molecule has 0 bridgehead atoms. The van der Waals surface area contributed by atoms with Gasteiger partial charge in [0.1, 0.15) is 18.1 Å². The molecule has 2 heterocycles. The van der Waals surface area contributed by atoms with Gasteiger partial charge in [0.2, 0.25) is 5.91 Å². The second-order valence-corrected chi connectivity index (χ2v) is 9.62. The van der Waals surface area contributed by atoms with Gasteiger partial charge >= 0.3 is 0 Å². The predicted molar refractivity (Wildman–Crippen MR) is 133 cm³/mol. The summed E-state index contributed by atoms with van der Waals surface area (Å²) in [6.45, 7) is 5.10. The molecule has 1 fully saturated rings. The number of ether oxygens (including phenoxy) is 2. The minimum absolute atomic E-state index is 0.00639. The van der Waals surface area contributed by atoms with Gasteiger partial charge in [-0.1, -0.05) is 6.92 Å². The van der Waals surface area contributed by atoms with Crippen molar-refractivity contribution < 1.29 is 23.9 Å². The molecule has 3 atom stereocenters. The lowest BCUT2D eigenvalue weighted by Crippen LogP contribution is -2.49. The van der Waals surface area contributed by atoms with E-state index in [2.05, 4.69) is 15.3 Å². The highest BCUT2D eigenvalue weighted by molar-refractivity contribution is 6.04. The van der Waals surface area contributed by atoms with Crippen LogP contribution in [0.2, 0.25) is 0 Å². The number of rotatable bonds is 4. The Morgan fingerprint density at radius 2 is 1.94 bits per heavy atom. The summed E-state index contributed by atoms with van der Waals surface area (Å²) < 4.78 is 11.8. The number of aromatic nitrogens is 2. The van der Waals surface area contributed by atoms with Crippen LogP contribution >= 0.6 is 0 Å². The average molecular weight is 496 g/mol. The fourth-order valence-corrected chi connectivity index (χ4v) is 4.34. The molecule has 10 nitrogen and oxygen atoms in total. The number of amides is 3. The van der Waals surface area contributed by atoms with Crippen LogP contribution in [0, 0.1) is 11.8 Å². The van der Waals surface area contributed by atoms with Gasteiger partial charge in [-0.15, -0.1) is 0 Å². The van der Waals surface area contributed by atoms with Crippen molar-refractivity contribution in [1.82, 2.24) is 19.8 Å². The maximum atomic E-state index is 13.5. The fourth-order valence-electron chi connectivity index (χ4n) is 4.34. The Hall–Kier alpha value is -3.53. The predicted octanol–water partition coefficient (Wildman–Crippen LogP) is 2.47. The molecule has 1 aliphatic carbocycles. The third kappa shape index (κ3) is 5.81. The topological polar surface area (TPSA) is 114 Å². The highest BCUT2D eigenvalue weighted by Gasteiger charge is 2.37. The maximum Gasteiger partial charge on any atom is 0.275 e. The Labute approximate surface area is 211 Å². The molecule has 0 radical (unpaired) electrons. The molecule has 3 amide bonds. The van der Waals surface area contributed by atoms with Crippen LogP contribution < -0.4 is 10.1 Å². The molecule has 1 aromatic heterocycles. The Morgan fingerprint density at radius 3 is 2.61 bits per heavy atom. The Kier molecular flexibility index (Phi) is 7.83. The number of fused-ring (bicyclic) bond motifs is 1. The Bertz CT molecular complexity index is 1110. The molecule has 1 saturated carbocycles. The van der Waals surface area contributed by atoms with Crippen LogP contribution in [0.5, 0.6) is 5.75 Å². The van der Waals surface area contributed by atoms with Gasteiger partial charge in [-0.05, 0) is 38.0 Å². The van der Waals surface area contributed by atoms with E-state index in [9.17, 15) is 14.4 Å². The lowest BCUT2D eigenvalue weighted by atomic mass is 10.0. The van der Waals surface area contributed by atoms with E-state index >= 15 is 0 Å². The highest BCUT2D eigenvalue weighted by Crippen LogP contribution is 2.33. The van der Waals surface area contributed by atoms with E-state index in [0.717, 1.165) is 12.8 Å². The second-order valence-electron chi connectivity index (χ2n) is 9.62. The number of nitrogens with zero attached hydrogens (tertiary/aromatic N) is 4. The molecule has 192 valence electrons. The van der Waals surface area contributed by atoms with Gasteiger partial charge in [0, 0.05) is 57.2 Å². The summed E-state index contributed by atoms with van der Waals surface area (Å²) in [5.74, 6) is -0.0605. The van der Waals surface area contributed by atoms with E-state index in [1.807, 2.05) is 18.7 Å². The Balaban J connectivity index is 1.63. The first kappa shape index (κ1) is 25.6. The van der Waals surface area contributed by atoms with Crippen molar-refractivity contribution in [3.8, 4) is 5.75 Å². The van der Waals surface area contributed by atoms with Crippen LogP contribution in [-0.4, -0.2) is 83.5 Å². The van der Waals surface area contributed by atoms with Crippen molar-refractivity contribution in [3.63, 3.8) is 0 Å². The zero-order chi connectivity index (χ0) is 25.8. The smallest absolute Gasteiger partial charge is 0.275 e. The average Bonchev–Trinajstić information content (AvgIpc) is 3.74. The Morgan fingerprint density at radius 1 is 1.17 bits per heavy atom. The molecule has 36 heavy (non-hydrogen) atoms. The van der Waals surface area contributed by atoms with Crippen LogP contribution in [0.4, 0.5) is 5.69 Å². The molecule has 1 aromatic carbocycles. The van der Waals surface area contributed by atoms with Crippen LogP contribution in [0.25, 0.3) is 0 Å². The van der Waals surface area contributed by atoms with Crippen LogP contribution in [0.3, 0.4) is 0 Å². The normalized spacial score (nSPS) is 23.1. The van der Waals surface area contributed by atoms with Crippen molar-refractivity contribution in [1.29, 1.82) is 0 Å². The molecule has 0 unspecified atom stereocenters. The minimum atomic E-state index is -0.436. The zero-order valence-corrected chi connectivity index (χ0v) is 21.1. The third-order valence-electron chi connectivity index (χ3n) is 6.71. The molecule has 2 aromatic rings. The maximum absolute atomic E-state index is 13.5. The number of anilines is 1. The van der Waals surface area contributed by atoms with Gasteiger partial charge in [-0.2, -0.15) is 0 Å². The van der Waals surface area contributed by atoms with Crippen molar-refractivity contribution >= 4 is 23.4 Å². The fraction of sp³-hybridized carbons (Fsp3) is 0.500.